The molecule has 86 valence electrons. The Morgan fingerprint density at radius 3 is 2.81 bits per heavy atom. The molecule has 0 fully saturated rings. The molecule has 1 unspecified atom stereocenters. The van der Waals surface area contributed by atoms with Crippen LogP contribution in [0.4, 0.5) is 8.78 Å². The summed E-state index contributed by atoms with van der Waals surface area (Å²) in [6.07, 6.45) is 0.453. The Hall–Kier alpha value is -1.51. The molecule has 0 spiro atoms. The highest BCUT2D eigenvalue weighted by Crippen LogP contribution is 2.18. The molecule has 3 nitrogen and oxygen atoms in total. The van der Waals surface area contributed by atoms with Crippen molar-refractivity contribution in [2.24, 2.45) is 0 Å². The molecular weight excluding hydrogens is 214 g/mol. The van der Waals surface area contributed by atoms with Crippen LogP contribution in [0.2, 0.25) is 0 Å². The molecular formula is C11H12F2N2O. The number of hydrogen-bond donors (Lipinski definition) is 2. The van der Waals surface area contributed by atoms with E-state index in [1.54, 1.807) is 0 Å². The molecule has 1 aromatic rings. The van der Waals surface area contributed by atoms with Crippen LogP contribution in [0.3, 0.4) is 0 Å². The van der Waals surface area contributed by atoms with Crippen molar-refractivity contribution in [1.29, 1.82) is 5.26 Å². The van der Waals surface area contributed by atoms with Crippen molar-refractivity contribution in [3.63, 3.8) is 0 Å². The normalized spacial score (nSPS) is 12.1. The fourth-order valence-corrected chi connectivity index (χ4v) is 1.29. The minimum atomic E-state index is -1.01. The number of nitriles is 1. The molecule has 0 heterocycles. The van der Waals surface area contributed by atoms with Gasteiger partial charge in [0.2, 0.25) is 0 Å². The van der Waals surface area contributed by atoms with Crippen LogP contribution in [0.15, 0.2) is 18.2 Å². The summed E-state index contributed by atoms with van der Waals surface area (Å²) in [7, 11) is 0. The second kappa shape index (κ2) is 6.16. The zero-order chi connectivity index (χ0) is 12.0. The molecule has 0 saturated heterocycles. The predicted molar refractivity (Wildman–Crippen MR) is 54.4 cm³/mol. The Kier molecular flexibility index (Phi) is 4.83. The van der Waals surface area contributed by atoms with Gasteiger partial charge in [-0.25, -0.2) is 8.78 Å². The SMILES string of the molecule is N#CC(NCCCO)c1cccc(F)c1F. The maximum absolute atomic E-state index is 13.3. The number of aliphatic hydroxyl groups is 1. The molecule has 5 heteroatoms. The van der Waals surface area contributed by atoms with E-state index in [1.165, 1.54) is 12.1 Å². The van der Waals surface area contributed by atoms with E-state index in [2.05, 4.69) is 5.32 Å². The number of benzene rings is 1. The molecule has 0 radical (unpaired) electrons. The van der Waals surface area contributed by atoms with E-state index in [0.717, 1.165) is 6.07 Å². The summed E-state index contributed by atoms with van der Waals surface area (Å²) in [5.41, 5.74) is -0.0135. The van der Waals surface area contributed by atoms with Gasteiger partial charge in [-0.15, -0.1) is 0 Å². The minimum absolute atomic E-state index is 0.0135. The second-order valence-electron chi connectivity index (χ2n) is 3.24. The van der Waals surface area contributed by atoms with Crippen molar-refractivity contribution in [3.05, 3.63) is 35.4 Å². The van der Waals surface area contributed by atoms with Crippen LogP contribution in [-0.4, -0.2) is 18.3 Å². The average molecular weight is 226 g/mol. The molecule has 16 heavy (non-hydrogen) atoms. The first-order chi connectivity index (χ1) is 7.70. The smallest absolute Gasteiger partial charge is 0.164 e. The first-order valence-electron chi connectivity index (χ1n) is 4.88. The fourth-order valence-electron chi connectivity index (χ4n) is 1.29. The number of rotatable bonds is 5. The zero-order valence-corrected chi connectivity index (χ0v) is 8.58. The highest BCUT2D eigenvalue weighted by Gasteiger charge is 2.16. The molecule has 0 aliphatic rings. The van der Waals surface area contributed by atoms with Crippen LogP contribution < -0.4 is 5.32 Å². The van der Waals surface area contributed by atoms with E-state index in [0.29, 0.717) is 13.0 Å². The van der Waals surface area contributed by atoms with Crippen LogP contribution in [0.25, 0.3) is 0 Å². The van der Waals surface area contributed by atoms with Crippen LogP contribution in [-0.2, 0) is 0 Å². The molecule has 0 amide bonds. The molecule has 1 atom stereocenters. The van der Waals surface area contributed by atoms with Gasteiger partial charge in [-0.3, -0.25) is 5.32 Å². The van der Waals surface area contributed by atoms with Gasteiger partial charge in [-0.2, -0.15) is 5.26 Å². The quantitative estimate of drug-likeness (QED) is 0.748. The first kappa shape index (κ1) is 12.6. The molecule has 1 rings (SSSR count). The van der Waals surface area contributed by atoms with Gasteiger partial charge in [0.25, 0.3) is 0 Å². The van der Waals surface area contributed by atoms with Crippen molar-refractivity contribution < 1.29 is 13.9 Å². The Balaban J connectivity index is 2.80. The summed E-state index contributed by atoms with van der Waals surface area (Å²) in [6.45, 7) is 0.349. The third kappa shape index (κ3) is 2.99. The van der Waals surface area contributed by atoms with Crippen LogP contribution in [0, 0.1) is 23.0 Å². The van der Waals surface area contributed by atoms with Crippen LogP contribution in [0.5, 0.6) is 0 Å². The molecule has 0 saturated carbocycles. The summed E-state index contributed by atoms with van der Waals surface area (Å²) in [6, 6.07) is 4.66. The lowest BCUT2D eigenvalue weighted by Gasteiger charge is -2.12. The van der Waals surface area contributed by atoms with E-state index in [4.69, 9.17) is 10.4 Å². The van der Waals surface area contributed by atoms with E-state index in [9.17, 15) is 8.78 Å². The van der Waals surface area contributed by atoms with Crippen LogP contribution in [0.1, 0.15) is 18.0 Å². The summed E-state index contributed by atoms with van der Waals surface area (Å²) in [5.74, 6) is -1.98. The van der Waals surface area contributed by atoms with Crippen LogP contribution >= 0.6 is 0 Å². The lowest BCUT2D eigenvalue weighted by atomic mass is 10.1. The van der Waals surface area contributed by atoms with Crippen molar-refractivity contribution in [3.8, 4) is 6.07 Å². The predicted octanol–water partition coefficient (Wildman–Crippen LogP) is 1.50. The van der Waals surface area contributed by atoms with Crippen molar-refractivity contribution in [2.75, 3.05) is 13.2 Å². The highest BCUT2D eigenvalue weighted by molar-refractivity contribution is 5.26. The molecule has 1 aromatic carbocycles. The molecule has 2 N–H and O–H groups in total. The lowest BCUT2D eigenvalue weighted by Crippen LogP contribution is -2.23. The summed E-state index contributed by atoms with van der Waals surface area (Å²) < 4.78 is 26.2. The van der Waals surface area contributed by atoms with Crippen molar-refractivity contribution >= 4 is 0 Å². The fraction of sp³-hybridized carbons (Fsp3) is 0.364. The molecule has 0 aliphatic carbocycles. The Bertz CT molecular complexity index is 390. The average Bonchev–Trinajstić information content (AvgIpc) is 2.29. The monoisotopic (exact) mass is 226 g/mol. The van der Waals surface area contributed by atoms with E-state index < -0.39 is 17.7 Å². The maximum Gasteiger partial charge on any atom is 0.164 e. The summed E-state index contributed by atoms with van der Waals surface area (Å²) >= 11 is 0. The third-order valence-electron chi connectivity index (χ3n) is 2.10. The number of nitrogens with zero attached hydrogens (tertiary/aromatic N) is 1. The van der Waals surface area contributed by atoms with Gasteiger partial charge in [0, 0.05) is 12.2 Å². The third-order valence-corrected chi connectivity index (χ3v) is 2.10. The lowest BCUT2D eigenvalue weighted by molar-refractivity contribution is 0.285. The van der Waals surface area contributed by atoms with Gasteiger partial charge in [0.1, 0.15) is 6.04 Å². The first-order valence-corrected chi connectivity index (χ1v) is 4.88. The highest BCUT2D eigenvalue weighted by atomic mass is 19.2. The van der Waals surface area contributed by atoms with Gasteiger partial charge >= 0.3 is 0 Å². The second-order valence-corrected chi connectivity index (χ2v) is 3.24. The number of aliphatic hydroxyl groups excluding tert-OH is 1. The largest absolute Gasteiger partial charge is 0.396 e. The van der Waals surface area contributed by atoms with E-state index in [-0.39, 0.29) is 12.2 Å². The van der Waals surface area contributed by atoms with Crippen molar-refractivity contribution in [1.82, 2.24) is 5.32 Å². The van der Waals surface area contributed by atoms with Gasteiger partial charge < -0.3 is 5.11 Å². The summed E-state index contributed by atoms with van der Waals surface area (Å²) in [5, 5.41) is 20.1. The minimum Gasteiger partial charge on any atom is -0.396 e. The zero-order valence-electron chi connectivity index (χ0n) is 8.58. The molecule has 0 aliphatic heterocycles. The van der Waals surface area contributed by atoms with Gasteiger partial charge in [-0.1, -0.05) is 12.1 Å². The molecule has 0 bridgehead atoms. The standard InChI is InChI=1S/C11H12F2N2O/c12-9-4-1-3-8(11(9)13)10(7-14)15-5-2-6-16/h1,3-4,10,15-16H,2,5-6H2. The van der Waals surface area contributed by atoms with E-state index >= 15 is 0 Å². The Morgan fingerprint density at radius 2 is 2.19 bits per heavy atom. The van der Waals surface area contributed by atoms with Gasteiger partial charge in [-0.05, 0) is 19.0 Å². The Labute approximate surface area is 92.3 Å². The van der Waals surface area contributed by atoms with E-state index in [1.807, 2.05) is 6.07 Å². The number of hydrogen-bond acceptors (Lipinski definition) is 3. The number of halogens is 2. The topological polar surface area (TPSA) is 56.0 Å². The van der Waals surface area contributed by atoms with Gasteiger partial charge in [0.05, 0.1) is 6.07 Å². The number of nitrogens with one attached hydrogen (secondary N) is 1. The Morgan fingerprint density at radius 1 is 1.44 bits per heavy atom. The molecule has 0 aromatic heterocycles. The van der Waals surface area contributed by atoms with Crippen molar-refractivity contribution in [2.45, 2.75) is 12.5 Å². The summed E-state index contributed by atoms with van der Waals surface area (Å²) in [4.78, 5) is 0. The maximum atomic E-state index is 13.3. The van der Waals surface area contributed by atoms with Gasteiger partial charge in [0.15, 0.2) is 11.6 Å².